The summed E-state index contributed by atoms with van der Waals surface area (Å²) in [4.78, 5) is 4.37. The predicted molar refractivity (Wildman–Crippen MR) is 87.0 cm³/mol. The molecule has 0 amide bonds. The van der Waals surface area contributed by atoms with E-state index in [-0.39, 0.29) is 5.82 Å². The highest BCUT2D eigenvalue weighted by atomic mass is 79.9. The second-order valence-electron chi connectivity index (χ2n) is 3.98. The Hall–Kier alpha value is -0.880. The maximum Gasteiger partial charge on any atom is 0.188 e. The molecule has 1 N–H and O–H groups in total. The fourth-order valence-corrected chi connectivity index (χ4v) is 3.41. The van der Waals surface area contributed by atoms with Crippen molar-refractivity contribution >= 4 is 71.5 Å². The first-order valence-electron chi connectivity index (χ1n) is 5.51. The Bertz CT molecular complexity index is 806. The number of anilines is 2. The van der Waals surface area contributed by atoms with Gasteiger partial charge in [-0.3, -0.25) is 0 Å². The van der Waals surface area contributed by atoms with Crippen LogP contribution in [0.5, 0.6) is 0 Å². The Morgan fingerprint density at radius 1 is 1.15 bits per heavy atom. The average molecular weight is 392 g/mol. The second kappa shape index (κ2) is 5.48. The van der Waals surface area contributed by atoms with Crippen LogP contribution in [0.15, 0.2) is 34.8 Å². The molecule has 7 heteroatoms. The van der Waals surface area contributed by atoms with Gasteiger partial charge >= 0.3 is 0 Å². The smallest absolute Gasteiger partial charge is 0.188 e. The number of nitrogens with zero attached hydrogens (tertiary/aromatic N) is 1. The third kappa shape index (κ3) is 2.63. The Morgan fingerprint density at radius 2 is 1.95 bits per heavy atom. The molecule has 0 aliphatic heterocycles. The monoisotopic (exact) mass is 390 g/mol. The van der Waals surface area contributed by atoms with E-state index >= 15 is 0 Å². The van der Waals surface area contributed by atoms with E-state index in [1.807, 2.05) is 0 Å². The van der Waals surface area contributed by atoms with Gasteiger partial charge < -0.3 is 5.32 Å². The number of rotatable bonds is 2. The minimum Gasteiger partial charge on any atom is -0.330 e. The van der Waals surface area contributed by atoms with Crippen LogP contribution in [0.1, 0.15) is 0 Å². The van der Waals surface area contributed by atoms with E-state index in [0.29, 0.717) is 20.9 Å². The molecule has 3 aromatic rings. The molecule has 0 radical (unpaired) electrons. The van der Waals surface area contributed by atoms with E-state index in [2.05, 4.69) is 26.2 Å². The van der Waals surface area contributed by atoms with Gasteiger partial charge in [-0.2, -0.15) is 0 Å². The fourth-order valence-electron chi connectivity index (χ4n) is 1.69. The lowest BCUT2D eigenvalue weighted by molar-refractivity contribution is 0.630. The van der Waals surface area contributed by atoms with Gasteiger partial charge in [0, 0.05) is 4.47 Å². The van der Waals surface area contributed by atoms with Crippen LogP contribution < -0.4 is 5.32 Å². The zero-order chi connectivity index (χ0) is 14.3. The van der Waals surface area contributed by atoms with Crippen molar-refractivity contribution in [1.82, 2.24) is 4.98 Å². The van der Waals surface area contributed by atoms with Crippen molar-refractivity contribution in [2.24, 2.45) is 0 Å². The summed E-state index contributed by atoms with van der Waals surface area (Å²) in [5, 5.41) is 4.57. The average Bonchev–Trinajstić information content (AvgIpc) is 2.81. The summed E-state index contributed by atoms with van der Waals surface area (Å²) in [5.74, 6) is -0.280. The number of hydrogen-bond donors (Lipinski definition) is 1. The van der Waals surface area contributed by atoms with Crippen molar-refractivity contribution in [3.8, 4) is 0 Å². The first-order chi connectivity index (χ1) is 9.54. The van der Waals surface area contributed by atoms with E-state index in [1.165, 1.54) is 23.5 Å². The Morgan fingerprint density at radius 3 is 2.75 bits per heavy atom. The highest BCUT2D eigenvalue weighted by molar-refractivity contribution is 9.10. The summed E-state index contributed by atoms with van der Waals surface area (Å²) in [6.07, 6.45) is 0. The van der Waals surface area contributed by atoms with Crippen molar-refractivity contribution in [3.63, 3.8) is 0 Å². The van der Waals surface area contributed by atoms with Crippen LogP contribution in [0.25, 0.3) is 10.2 Å². The van der Waals surface area contributed by atoms with Crippen LogP contribution >= 0.6 is 50.5 Å². The number of hydrogen-bond acceptors (Lipinski definition) is 3. The van der Waals surface area contributed by atoms with Gasteiger partial charge in [0.1, 0.15) is 5.82 Å². The van der Waals surface area contributed by atoms with Crippen molar-refractivity contribution in [2.45, 2.75) is 0 Å². The van der Waals surface area contributed by atoms with Crippen LogP contribution in [0.4, 0.5) is 15.2 Å². The number of benzene rings is 2. The third-order valence-corrected chi connectivity index (χ3v) is 5.33. The summed E-state index contributed by atoms with van der Waals surface area (Å²) in [6, 6.07) is 8.07. The first kappa shape index (κ1) is 14.1. The maximum absolute atomic E-state index is 13.1. The standard InChI is InChI=1S/C13H6BrCl2FN2S/c14-7-2-4-9(12(16)11(7)15)19-13-18-8-3-1-6(17)5-10(8)20-13/h1-5H,(H,18,19). The van der Waals surface area contributed by atoms with Crippen LogP contribution in [0.3, 0.4) is 0 Å². The Labute approximate surface area is 136 Å². The molecule has 0 saturated carbocycles. The van der Waals surface area contributed by atoms with Gasteiger partial charge in [0.15, 0.2) is 5.13 Å². The largest absolute Gasteiger partial charge is 0.330 e. The van der Waals surface area contributed by atoms with Crippen molar-refractivity contribution in [1.29, 1.82) is 0 Å². The van der Waals surface area contributed by atoms with Gasteiger partial charge in [0.25, 0.3) is 0 Å². The van der Waals surface area contributed by atoms with Gasteiger partial charge in [-0.25, -0.2) is 9.37 Å². The Balaban J connectivity index is 1.99. The lowest BCUT2D eigenvalue weighted by Crippen LogP contribution is -1.90. The SMILES string of the molecule is Fc1ccc2nc(Nc3ccc(Br)c(Cl)c3Cl)sc2c1. The molecule has 0 unspecified atom stereocenters. The first-order valence-corrected chi connectivity index (χ1v) is 7.88. The zero-order valence-electron chi connectivity index (χ0n) is 9.75. The molecule has 0 saturated heterocycles. The lowest BCUT2D eigenvalue weighted by atomic mass is 10.3. The summed E-state index contributed by atoms with van der Waals surface area (Å²) < 4.78 is 14.6. The van der Waals surface area contributed by atoms with E-state index in [4.69, 9.17) is 23.2 Å². The molecule has 0 atom stereocenters. The number of halogens is 4. The molecule has 1 aromatic heterocycles. The quantitative estimate of drug-likeness (QED) is 0.522. The van der Waals surface area contributed by atoms with Gasteiger partial charge in [-0.1, -0.05) is 34.5 Å². The van der Waals surface area contributed by atoms with Crippen LogP contribution in [0, 0.1) is 5.82 Å². The van der Waals surface area contributed by atoms with E-state index in [1.54, 1.807) is 18.2 Å². The molecule has 3 rings (SSSR count). The fraction of sp³-hybridized carbons (Fsp3) is 0. The highest BCUT2D eigenvalue weighted by Crippen LogP contribution is 2.38. The minimum absolute atomic E-state index is 0.280. The molecule has 0 spiro atoms. The molecule has 0 aliphatic carbocycles. The molecule has 0 aliphatic rings. The van der Waals surface area contributed by atoms with E-state index in [9.17, 15) is 4.39 Å². The summed E-state index contributed by atoms with van der Waals surface area (Å²) in [5.41, 5.74) is 1.39. The van der Waals surface area contributed by atoms with Gasteiger partial charge in [-0.15, -0.1) is 0 Å². The van der Waals surface area contributed by atoms with Crippen molar-refractivity contribution in [2.75, 3.05) is 5.32 Å². The molecule has 2 aromatic carbocycles. The molecular formula is C13H6BrCl2FN2S. The molecule has 0 fully saturated rings. The van der Waals surface area contributed by atoms with Crippen LogP contribution in [-0.4, -0.2) is 4.98 Å². The Kier molecular flexibility index (Phi) is 3.86. The third-order valence-electron chi connectivity index (χ3n) is 2.63. The van der Waals surface area contributed by atoms with Crippen molar-refractivity contribution in [3.05, 3.63) is 50.7 Å². The van der Waals surface area contributed by atoms with Gasteiger partial charge in [0.2, 0.25) is 0 Å². The van der Waals surface area contributed by atoms with E-state index < -0.39 is 0 Å². The summed E-state index contributed by atoms with van der Waals surface area (Å²) in [7, 11) is 0. The van der Waals surface area contributed by atoms with Crippen molar-refractivity contribution < 1.29 is 4.39 Å². The number of aromatic nitrogens is 1. The topological polar surface area (TPSA) is 24.9 Å². The molecular weight excluding hydrogens is 386 g/mol. The molecule has 2 nitrogen and oxygen atoms in total. The van der Waals surface area contributed by atoms with Crippen LogP contribution in [0.2, 0.25) is 10.0 Å². The summed E-state index contributed by atoms with van der Waals surface area (Å²) in [6.45, 7) is 0. The molecule has 1 heterocycles. The second-order valence-corrected chi connectivity index (χ2v) is 6.62. The van der Waals surface area contributed by atoms with Gasteiger partial charge in [-0.05, 0) is 46.3 Å². The molecule has 20 heavy (non-hydrogen) atoms. The van der Waals surface area contributed by atoms with E-state index in [0.717, 1.165) is 14.7 Å². The predicted octanol–water partition coefficient (Wildman–Crippen LogP) is 6.25. The van der Waals surface area contributed by atoms with Gasteiger partial charge in [0.05, 0.1) is 25.9 Å². The number of nitrogens with one attached hydrogen (secondary N) is 1. The normalized spacial score (nSPS) is 11.0. The maximum atomic E-state index is 13.1. The number of fused-ring (bicyclic) bond motifs is 1. The highest BCUT2D eigenvalue weighted by Gasteiger charge is 2.11. The summed E-state index contributed by atoms with van der Waals surface area (Å²) >= 11 is 16.9. The minimum atomic E-state index is -0.280. The van der Waals surface area contributed by atoms with Crippen LogP contribution in [-0.2, 0) is 0 Å². The zero-order valence-corrected chi connectivity index (χ0v) is 13.7. The molecule has 0 bridgehead atoms. The molecule has 102 valence electrons. The number of thiazole rings is 1. The lowest BCUT2D eigenvalue weighted by Gasteiger charge is -2.07.